The Balaban J connectivity index is 0.00000243. The molecule has 2 aromatic heterocycles. The van der Waals surface area contributed by atoms with E-state index in [1.54, 1.807) is 30.5 Å². The molecular weight excluding hydrogens is 373 g/mol. The maximum absolute atomic E-state index is 12.3. The van der Waals surface area contributed by atoms with Crippen LogP contribution in [0.25, 0.3) is 11.3 Å². The minimum atomic E-state index is -0.319. The minimum Gasteiger partial charge on any atom is -0.359 e. The third kappa shape index (κ3) is 4.62. The number of carbonyl (C=O) groups is 1. The quantitative estimate of drug-likeness (QED) is 0.673. The molecule has 3 aromatic rings. The molecule has 1 N–H and O–H groups in total. The predicted molar refractivity (Wildman–Crippen MR) is 104 cm³/mol. The molecule has 3 rings (SSSR count). The molecule has 0 saturated carbocycles. The van der Waals surface area contributed by atoms with Gasteiger partial charge in [-0.05, 0) is 43.7 Å². The number of halogens is 2. The van der Waals surface area contributed by atoms with Crippen LogP contribution in [0.4, 0.5) is 0 Å². The van der Waals surface area contributed by atoms with E-state index in [0.29, 0.717) is 16.3 Å². The van der Waals surface area contributed by atoms with E-state index in [-0.39, 0.29) is 24.4 Å². The maximum Gasteiger partial charge on any atom is 0.251 e. The van der Waals surface area contributed by atoms with Gasteiger partial charge in [0.2, 0.25) is 0 Å². The second-order valence-electron chi connectivity index (χ2n) is 5.71. The van der Waals surface area contributed by atoms with Gasteiger partial charge in [-0.3, -0.25) is 9.78 Å². The maximum atomic E-state index is 12.3. The molecule has 0 saturated heterocycles. The highest BCUT2D eigenvalue weighted by molar-refractivity contribution is 6.30. The second-order valence-corrected chi connectivity index (χ2v) is 6.15. The first-order valence-corrected chi connectivity index (χ1v) is 8.43. The van der Waals surface area contributed by atoms with E-state index >= 15 is 0 Å². The number of carbonyl (C=O) groups excluding carboxylic acids is 1. The van der Waals surface area contributed by atoms with E-state index in [4.69, 9.17) is 16.1 Å². The largest absolute Gasteiger partial charge is 0.359 e. The minimum absolute atomic E-state index is 0. The van der Waals surface area contributed by atoms with E-state index in [2.05, 4.69) is 15.5 Å². The lowest BCUT2D eigenvalue weighted by Crippen LogP contribution is -2.26. The lowest BCUT2D eigenvalue weighted by Gasteiger charge is -2.10. The molecule has 0 fully saturated rings. The molecule has 1 amide bonds. The van der Waals surface area contributed by atoms with Crippen LogP contribution in [-0.2, 0) is 6.42 Å². The van der Waals surface area contributed by atoms with Crippen molar-refractivity contribution in [3.05, 3.63) is 70.7 Å². The van der Waals surface area contributed by atoms with Gasteiger partial charge < -0.3 is 9.84 Å². The van der Waals surface area contributed by atoms with Crippen molar-refractivity contribution in [2.75, 3.05) is 0 Å². The zero-order valence-corrected chi connectivity index (χ0v) is 16.0. The third-order valence-corrected chi connectivity index (χ3v) is 4.10. The highest BCUT2D eigenvalue weighted by Gasteiger charge is 2.17. The molecule has 1 aromatic carbocycles. The van der Waals surface area contributed by atoms with Crippen molar-refractivity contribution in [3.63, 3.8) is 0 Å². The number of nitrogens with zero attached hydrogens (tertiary/aromatic N) is 2. The Morgan fingerprint density at radius 2 is 2.08 bits per heavy atom. The Kier molecular flexibility index (Phi) is 6.77. The predicted octanol–water partition coefficient (Wildman–Crippen LogP) is 4.87. The lowest BCUT2D eigenvalue weighted by molar-refractivity contribution is 0.0934. The zero-order valence-electron chi connectivity index (χ0n) is 14.4. The van der Waals surface area contributed by atoms with Crippen molar-refractivity contribution in [1.82, 2.24) is 15.5 Å². The van der Waals surface area contributed by atoms with Gasteiger partial charge >= 0.3 is 0 Å². The van der Waals surface area contributed by atoms with Crippen LogP contribution in [-0.4, -0.2) is 16.0 Å². The number of pyridine rings is 1. The summed E-state index contributed by atoms with van der Waals surface area (Å²) in [6.07, 6.45) is 2.61. The molecule has 0 unspecified atom stereocenters. The molecule has 0 aliphatic heterocycles. The summed E-state index contributed by atoms with van der Waals surface area (Å²) in [7, 11) is 0. The van der Waals surface area contributed by atoms with Gasteiger partial charge in [0.05, 0.1) is 6.04 Å². The van der Waals surface area contributed by atoms with Crippen LogP contribution in [0.5, 0.6) is 0 Å². The Hall–Kier alpha value is -2.37. The first-order valence-electron chi connectivity index (χ1n) is 8.05. The summed E-state index contributed by atoms with van der Waals surface area (Å²) in [5.74, 6) is 0.366. The number of hydrogen-bond acceptors (Lipinski definition) is 4. The first-order chi connectivity index (χ1) is 12.1. The van der Waals surface area contributed by atoms with Crippen LogP contribution in [0.3, 0.4) is 0 Å². The number of hydrogen-bond donors (Lipinski definition) is 1. The van der Waals surface area contributed by atoms with Gasteiger partial charge in [-0.15, -0.1) is 12.4 Å². The summed E-state index contributed by atoms with van der Waals surface area (Å²) < 4.78 is 5.40. The Morgan fingerprint density at radius 3 is 2.81 bits per heavy atom. The van der Waals surface area contributed by atoms with E-state index in [0.717, 1.165) is 23.4 Å². The van der Waals surface area contributed by atoms with Crippen molar-refractivity contribution in [3.8, 4) is 11.3 Å². The van der Waals surface area contributed by atoms with E-state index in [9.17, 15) is 4.79 Å². The fraction of sp³-hybridized carbons (Fsp3) is 0.211. The van der Waals surface area contributed by atoms with Gasteiger partial charge in [0.15, 0.2) is 5.76 Å². The Morgan fingerprint density at radius 1 is 1.27 bits per heavy atom. The normalized spacial score (nSPS) is 11.5. The Bertz CT molecular complexity index is 896. The zero-order chi connectivity index (χ0) is 17.8. The number of nitrogens with one attached hydrogen (secondary N) is 1. The standard InChI is InChI=1S/C19H18ClN3O2.ClH/c1-3-16-10-13(7-8-21-16)17-11-18(25-23-17)12(2)22-19(24)14-5-4-6-15(20)9-14;/h4-12H,3H2,1-2H3,(H,22,24);1H/t12-;/m0./s1. The molecule has 1 atom stereocenters. The van der Waals surface area contributed by atoms with Gasteiger partial charge in [-0.2, -0.15) is 0 Å². The molecule has 7 heteroatoms. The van der Waals surface area contributed by atoms with Gasteiger partial charge in [0.1, 0.15) is 5.69 Å². The van der Waals surface area contributed by atoms with Crippen molar-refractivity contribution >= 4 is 29.9 Å². The molecule has 0 bridgehead atoms. The fourth-order valence-corrected chi connectivity index (χ4v) is 2.63. The molecule has 0 spiro atoms. The summed E-state index contributed by atoms with van der Waals surface area (Å²) in [5, 5.41) is 7.51. The number of benzene rings is 1. The first kappa shape index (κ1) is 19.9. The molecule has 0 aliphatic carbocycles. The van der Waals surface area contributed by atoms with E-state index < -0.39 is 0 Å². The van der Waals surface area contributed by atoms with E-state index in [1.165, 1.54) is 0 Å². The summed E-state index contributed by atoms with van der Waals surface area (Å²) in [4.78, 5) is 16.6. The Labute approximate surface area is 163 Å². The van der Waals surface area contributed by atoms with Crippen LogP contribution >= 0.6 is 24.0 Å². The van der Waals surface area contributed by atoms with E-state index in [1.807, 2.05) is 32.0 Å². The number of aryl methyl sites for hydroxylation is 1. The molecule has 2 heterocycles. The van der Waals surface area contributed by atoms with Gasteiger partial charge in [-0.25, -0.2) is 0 Å². The van der Waals surface area contributed by atoms with Crippen LogP contribution < -0.4 is 5.32 Å². The van der Waals surface area contributed by atoms with Crippen LogP contribution in [0.2, 0.25) is 5.02 Å². The topological polar surface area (TPSA) is 68.0 Å². The number of aromatic nitrogens is 2. The molecule has 0 radical (unpaired) electrons. The molecular formula is C19H19Cl2N3O2. The van der Waals surface area contributed by atoms with Crippen molar-refractivity contribution in [1.29, 1.82) is 0 Å². The third-order valence-electron chi connectivity index (χ3n) is 3.86. The lowest BCUT2D eigenvalue weighted by atomic mass is 10.1. The van der Waals surface area contributed by atoms with Crippen LogP contribution in [0, 0.1) is 0 Å². The average molecular weight is 392 g/mol. The number of rotatable bonds is 5. The summed E-state index contributed by atoms with van der Waals surface area (Å²) in [6.45, 7) is 3.89. The van der Waals surface area contributed by atoms with Crippen molar-refractivity contribution < 1.29 is 9.32 Å². The summed E-state index contributed by atoms with van der Waals surface area (Å²) in [6, 6.07) is 12.2. The molecule has 0 aliphatic rings. The molecule has 5 nitrogen and oxygen atoms in total. The smallest absolute Gasteiger partial charge is 0.251 e. The van der Waals surface area contributed by atoms with Crippen molar-refractivity contribution in [2.24, 2.45) is 0 Å². The summed E-state index contributed by atoms with van der Waals surface area (Å²) >= 11 is 5.92. The molecule has 136 valence electrons. The SMILES string of the molecule is CCc1cc(-c2cc([C@H](C)NC(=O)c3cccc(Cl)c3)on2)ccn1.Cl. The highest BCUT2D eigenvalue weighted by Crippen LogP contribution is 2.23. The van der Waals surface area contributed by atoms with Gasteiger partial charge in [0.25, 0.3) is 5.91 Å². The number of amides is 1. The highest BCUT2D eigenvalue weighted by atomic mass is 35.5. The average Bonchev–Trinajstić information content (AvgIpc) is 3.12. The fourth-order valence-electron chi connectivity index (χ4n) is 2.44. The summed E-state index contributed by atoms with van der Waals surface area (Å²) in [5.41, 5.74) is 3.15. The van der Waals surface area contributed by atoms with Crippen molar-refractivity contribution in [2.45, 2.75) is 26.3 Å². The second kappa shape index (κ2) is 8.83. The van der Waals surface area contributed by atoms with Gasteiger partial charge in [0, 0.05) is 34.1 Å². The van der Waals surface area contributed by atoms with Gasteiger partial charge in [-0.1, -0.05) is 29.7 Å². The van der Waals surface area contributed by atoms with Crippen LogP contribution in [0.1, 0.15) is 41.7 Å². The van der Waals surface area contributed by atoms with Crippen LogP contribution in [0.15, 0.2) is 53.2 Å². The monoisotopic (exact) mass is 391 g/mol. The molecule has 26 heavy (non-hydrogen) atoms.